The molecule has 8 heteroatoms. The number of hydrogen-bond donors (Lipinski definition) is 2. The van der Waals surface area contributed by atoms with Crippen molar-refractivity contribution in [2.24, 2.45) is 0 Å². The topological polar surface area (TPSA) is 101 Å². The fraction of sp³-hybridized carbons (Fsp3) is 0.400. The zero-order valence-electron chi connectivity index (χ0n) is 12.3. The molecule has 1 aliphatic rings. The van der Waals surface area contributed by atoms with E-state index in [1.807, 2.05) is 0 Å². The smallest absolute Gasteiger partial charge is 0.271 e. The summed E-state index contributed by atoms with van der Waals surface area (Å²) in [5.74, 6) is 0.660. The van der Waals surface area contributed by atoms with E-state index in [0.29, 0.717) is 0 Å². The second-order valence-electron chi connectivity index (χ2n) is 5.56. The lowest BCUT2D eigenvalue weighted by Crippen LogP contribution is -2.38. The van der Waals surface area contributed by atoms with Gasteiger partial charge in [0.15, 0.2) is 0 Å². The fourth-order valence-electron chi connectivity index (χ4n) is 2.84. The molecule has 1 aliphatic carbocycles. The molecule has 0 unspecified atom stereocenters. The number of hydrogen-bond acceptors (Lipinski definition) is 5. The first kappa shape index (κ1) is 15.6. The average Bonchev–Trinajstić information content (AvgIpc) is 2.56. The molecule has 0 aliphatic heterocycles. The van der Waals surface area contributed by atoms with E-state index in [-0.39, 0.29) is 34.1 Å². The third kappa shape index (κ3) is 3.73. The van der Waals surface area contributed by atoms with Gasteiger partial charge in [-0.2, -0.15) is 0 Å². The van der Waals surface area contributed by atoms with Gasteiger partial charge in [-0.1, -0.05) is 11.6 Å². The van der Waals surface area contributed by atoms with Gasteiger partial charge in [-0.05, 0) is 25.7 Å². The summed E-state index contributed by atoms with van der Waals surface area (Å²) in [7, 11) is 0. The molecular weight excluding hydrogens is 318 g/mol. The van der Waals surface area contributed by atoms with Gasteiger partial charge in [0.2, 0.25) is 0 Å². The number of nitrogens with one attached hydrogen (secondary N) is 2. The number of aromatic amines is 1. The van der Waals surface area contributed by atoms with Crippen LogP contribution < -0.4 is 10.9 Å². The number of nitrogens with zero attached hydrogens (tertiary/aromatic N) is 3. The number of rotatable bonds is 3. The average molecular weight is 334 g/mol. The van der Waals surface area contributed by atoms with Crippen LogP contribution in [-0.4, -0.2) is 31.9 Å². The number of carbonyl (C=O) groups is 1. The maximum atomic E-state index is 12.2. The maximum absolute atomic E-state index is 12.2. The highest BCUT2D eigenvalue weighted by atomic mass is 35.5. The number of carbonyl (C=O) groups excluding carboxylic acids is 1. The van der Waals surface area contributed by atoms with Gasteiger partial charge in [-0.15, -0.1) is 0 Å². The molecule has 0 spiro atoms. The standard InChI is InChI=1S/C15H16ClN5O2/c16-11-7-17-8-19-13(11)15(23)20-10-3-1-9(2-4-10)14-18-6-5-12(22)21-14/h5-10H,1-4H2,(H,20,23)(H,18,21,22). The molecule has 1 amide bonds. The van der Waals surface area contributed by atoms with E-state index in [1.54, 1.807) is 0 Å². The summed E-state index contributed by atoms with van der Waals surface area (Å²) in [6.45, 7) is 0. The van der Waals surface area contributed by atoms with Gasteiger partial charge in [0.1, 0.15) is 17.8 Å². The Morgan fingerprint density at radius 2 is 2.04 bits per heavy atom. The summed E-state index contributed by atoms with van der Waals surface area (Å²) in [6, 6.07) is 1.47. The molecule has 2 aromatic rings. The van der Waals surface area contributed by atoms with E-state index < -0.39 is 0 Å². The summed E-state index contributed by atoms with van der Waals surface area (Å²) >= 11 is 5.93. The molecule has 7 nitrogen and oxygen atoms in total. The molecule has 1 fully saturated rings. The zero-order valence-corrected chi connectivity index (χ0v) is 13.1. The summed E-state index contributed by atoms with van der Waals surface area (Å²) in [5.41, 5.74) is 0.0571. The van der Waals surface area contributed by atoms with Crippen molar-refractivity contribution in [2.75, 3.05) is 0 Å². The lowest BCUT2D eigenvalue weighted by molar-refractivity contribution is 0.0920. The molecule has 23 heavy (non-hydrogen) atoms. The minimum Gasteiger partial charge on any atom is -0.348 e. The first-order chi connectivity index (χ1) is 11.1. The lowest BCUT2D eigenvalue weighted by atomic mass is 9.85. The summed E-state index contributed by atoms with van der Waals surface area (Å²) in [4.78, 5) is 38.2. The van der Waals surface area contributed by atoms with Gasteiger partial charge in [-0.25, -0.2) is 15.0 Å². The Labute approximate surface area is 137 Å². The van der Waals surface area contributed by atoms with Gasteiger partial charge in [0.05, 0.1) is 5.02 Å². The molecule has 2 heterocycles. The van der Waals surface area contributed by atoms with E-state index in [2.05, 4.69) is 25.3 Å². The van der Waals surface area contributed by atoms with Crippen molar-refractivity contribution >= 4 is 17.5 Å². The van der Waals surface area contributed by atoms with Crippen molar-refractivity contribution < 1.29 is 4.79 Å². The SMILES string of the molecule is O=C(NC1CCC(c2nccc(=O)[nH]2)CC1)c1ncncc1Cl. The Balaban J connectivity index is 1.58. The van der Waals surface area contributed by atoms with Crippen LogP contribution in [0.15, 0.2) is 29.6 Å². The fourth-order valence-corrected chi connectivity index (χ4v) is 3.03. The molecule has 0 aromatic carbocycles. The molecule has 2 N–H and O–H groups in total. The van der Waals surface area contributed by atoms with Crippen LogP contribution in [-0.2, 0) is 0 Å². The van der Waals surface area contributed by atoms with Gasteiger partial charge in [0.25, 0.3) is 11.5 Å². The van der Waals surface area contributed by atoms with Crippen LogP contribution in [0.4, 0.5) is 0 Å². The van der Waals surface area contributed by atoms with Gasteiger partial charge >= 0.3 is 0 Å². The van der Waals surface area contributed by atoms with Gasteiger partial charge < -0.3 is 10.3 Å². The van der Waals surface area contributed by atoms with Crippen LogP contribution >= 0.6 is 11.6 Å². The maximum Gasteiger partial charge on any atom is 0.271 e. The number of amides is 1. The van der Waals surface area contributed by atoms with Crippen molar-refractivity contribution in [3.8, 4) is 0 Å². The van der Waals surface area contributed by atoms with Crippen LogP contribution in [0.5, 0.6) is 0 Å². The van der Waals surface area contributed by atoms with E-state index >= 15 is 0 Å². The normalized spacial score (nSPS) is 20.9. The van der Waals surface area contributed by atoms with Gasteiger partial charge in [-0.3, -0.25) is 9.59 Å². The Hall–Kier alpha value is -2.28. The Morgan fingerprint density at radius 3 is 2.74 bits per heavy atom. The first-order valence-electron chi connectivity index (χ1n) is 7.45. The van der Waals surface area contributed by atoms with Crippen LogP contribution in [0.2, 0.25) is 5.02 Å². The van der Waals surface area contributed by atoms with Crippen LogP contribution in [0.25, 0.3) is 0 Å². The van der Waals surface area contributed by atoms with E-state index in [0.717, 1.165) is 31.5 Å². The highest BCUT2D eigenvalue weighted by molar-refractivity contribution is 6.33. The number of H-pyrrole nitrogens is 1. The Kier molecular flexibility index (Phi) is 4.66. The second-order valence-corrected chi connectivity index (χ2v) is 5.97. The molecule has 3 rings (SSSR count). The van der Waals surface area contributed by atoms with Crippen molar-refractivity contribution in [3.63, 3.8) is 0 Å². The second kappa shape index (κ2) is 6.87. The van der Waals surface area contributed by atoms with Crippen molar-refractivity contribution in [3.05, 3.63) is 51.7 Å². The molecule has 2 aromatic heterocycles. The molecule has 0 atom stereocenters. The predicted octanol–water partition coefficient (Wildman–Crippen LogP) is 1.67. The van der Waals surface area contributed by atoms with E-state index in [4.69, 9.17) is 11.6 Å². The first-order valence-corrected chi connectivity index (χ1v) is 7.83. The minimum atomic E-state index is -0.285. The molecular formula is C15H16ClN5O2. The van der Waals surface area contributed by atoms with E-state index in [9.17, 15) is 9.59 Å². The van der Waals surface area contributed by atoms with Crippen molar-refractivity contribution in [1.82, 2.24) is 25.3 Å². The highest BCUT2D eigenvalue weighted by Crippen LogP contribution is 2.30. The summed E-state index contributed by atoms with van der Waals surface area (Å²) < 4.78 is 0. The quantitative estimate of drug-likeness (QED) is 0.889. The molecule has 0 saturated heterocycles. The zero-order chi connectivity index (χ0) is 16.2. The number of halogens is 1. The lowest BCUT2D eigenvalue weighted by Gasteiger charge is -2.28. The number of aromatic nitrogens is 4. The third-order valence-corrected chi connectivity index (χ3v) is 4.30. The van der Waals surface area contributed by atoms with Crippen molar-refractivity contribution in [1.29, 1.82) is 0 Å². The predicted molar refractivity (Wildman–Crippen MR) is 84.4 cm³/mol. The Bertz CT molecular complexity index is 755. The third-order valence-electron chi connectivity index (χ3n) is 4.02. The van der Waals surface area contributed by atoms with E-state index in [1.165, 1.54) is 24.8 Å². The highest BCUT2D eigenvalue weighted by Gasteiger charge is 2.25. The largest absolute Gasteiger partial charge is 0.348 e. The van der Waals surface area contributed by atoms with Crippen molar-refractivity contribution in [2.45, 2.75) is 37.6 Å². The summed E-state index contributed by atoms with van der Waals surface area (Å²) in [6.07, 6.45) is 7.58. The molecule has 0 radical (unpaired) electrons. The molecule has 0 bridgehead atoms. The van der Waals surface area contributed by atoms with Crippen LogP contribution in [0.3, 0.4) is 0 Å². The Morgan fingerprint density at radius 1 is 1.26 bits per heavy atom. The molecule has 1 saturated carbocycles. The van der Waals surface area contributed by atoms with Crippen LogP contribution in [0, 0.1) is 0 Å². The monoisotopic (exact) mass is 333 g/mol. The minimum absolute atomic E-state index is 0.0696. The summed E-state index contributed by atoms with van der Waals surface area (Å²) in [5, 5.41) is 3.19. The van der Waals surface area contributed by atoms with Crippen LogP contribution in [0.1, 0.15) is 47.9 Å². The van der Waals surface area contributed by atoms with Gasteiger partial charge in [0, 0.05) is 30.4 Å². The molecule has 120 valence electrons.